The highest BCUT2D eigenvalue weighted by Gasteiger charge is 2.27. The van der Waals surface area contributed by atoms with Gasteiger partial charge >= 0.3 is 0 Å². The third-order valence-corrected chi connectivity index (χ3v) is 8.21. The fraction of sp³-hybridized carbons (Fsp3) is 0.273. The molecule has 5 aromatic rings. The van der Waals surface area contributed by atoms with Gasteiger partial charge in [0.2, 0.25) is 0 Å². The standard InChI is InChI=1S/C33H34Cl2N6/c34-27-12-8-25(9-13-27)32(26-10-14-28(35)15-11-26)41-22-20-40(21-23-41)24-31-37-30-7-2-1-6-29(30)33(38-31)36-16-5-19-39-17-3-4-18-39/h1-4,6-15,17-18,32H,5,16,19-24H2,(H,36,37,38). The second-order valence-corrected chi connectivity index (χ2v) is 11.4. The van der Waals surface area contributed by atoms with Crippen LogP contribution in [0.3, 0.4) is 0 Å². The number of rotatable bonds is 10. The van der Waals surface area contributed by atoms with Crippen LogP contribution >= 0.6 is 23.2 Å². The fourth-order valence-corrected chi connectivity index (χ4v) is 5.85. The highest BCUT2D eigenvalue weighted by atomic mass is 35.5. The van der Waals surface area contributed by atoms with Gasteiger partial charge in [0.25, 0.3) is 0 Å². The van der Waals surface area contributed by atoms with Gasteiger partial charge in [-0.05, 0) is 66.1 Å². The van der Waals surface area contributed by atoms with Crippen LogP contribution in [-0.4, -0.2) is 57.1 Å². The second-order valence-electron chi connectivity index (χ2n) is 10.5. The number of para-hydroxylation sites is 1. The normalized spacial score (nSPS) is 14.6. The predicted molar refractivity (Wildman–Crippen MR) is 169 cm³/mol. The zero-order valence-corrected chi connectivity index (χ0v) is 24.5. The number of piperazine rings is 1. The van der Waals surface area contributed by atoms with Gasteiger partial charge in [-0.2, -0.15) is 0 Å². The molecule has 1 fully saturated rings. The van der Waals surface area contributed by atoms with E-state index in [-0.39, 0.29) is 6.04 Å². The number of anilines is 1. The fourth-order valence-electron chi connectivity index (χ4n) is 5.60. The van der Waals surface area contributed by atoms with Gasteiger partial charge in [0.1, 0.15) is 11.6 Å². The van der Waals surface area contributed by atoms with Gasteiger partial charge < -0.3 is 9.88 Å². The summed E-state index contributed by atoms with van der Waals surface area (Å²) >= 11 is 12.4. The maximum atomic E-state index is 6.21. The third-order valence-electron chi connectivity index (χ3n) is 7.71. The van der Waals surface area contributed by atoms with Crippen molar-refractivity contribution < 1.29 is 0 Å². The number of aryl methyl sites for hydroxylation is 1. The van der Waals surface area contributed by atoms with E-state index in [9.17, 15) is 0 Å². The van der Waals surface area contributed by atoms with Crippen LogP contribution in [-0.2, 0) is 13.1 Å². The van der Waals surface area contributed by atoms with Crippen molar-refractivity contribution in [1.82, 2.24) is 24.3 Å². The average Bonchev–Trinajstić information content (AvgIpc) is 3.52. The molecule has 0 saturated carbocycles. The summed E-state index contributed by atoms with van der Waals surface area (Å²) in [6.45, 7) is 6.31. The molecule has 41 heavy (non-hydrogen) atoms. The lowest BCUT2D eigenvalue weighted by molar-refractivity contribution is 0.103. The molecule has 0 amide bonds. The first kappa shape index (κ1) is 27.7. The van der Waals surface area contributed by atoms with Crippen molar-refractivity contribution in [3.63, 3.8) is 0 Å². The molecule has 1 aliphatic heterocycles. The maximum absolute atomic E-state index is 6.21. The topological polar surface area (TPSA) is 49.2 Å². The second kappa shape index (κ2) is 13.0. The Morgan fingerprint density at radius 2 is 1.37 bits per heavy atom. The van der Waals surface area contributed by atoms with E-state index in [2.05, 4.69) is 80.6 Å². The Kier molecular flexibility index (Phi) is 8.82. The lowest BCUT2D eigenvalue weighted by Gasteiger charge is -2.39. The smallest absolute Gasteiger partial charge is 0.145 e. The van der Waals surface area contributed by atoms with Crippen molar-refractivity contribution in [3.8, 4) is 0 Å². The van der Waals surface area contributed by atoms with E-state index >= 15 is 0 Å². The van der Waals surface area contributed by atoms with Gasteiger partial charge in [0.15, 0.2) is 0 Å². The number of nitrogens with one attached hydrogen (secondary N) is 1. The average molecular weight is 586 g/mol. The van der Waals surface area contributed by atoms with Crippen LogP contribution in [0, 0.1) is 0 Å². The van der Waals surface area contributed by atoms with Crippen LogP contribution in [0.25, 0.3) is 10.9 Å². The predicted octanol–water partition coefficient (Wildman–Crippen LogP) is 7.15. The number of hydrogen-bond acceptors (Lipinski definition) is 5. The molecule has 1 saturated heterocycles. The van der Waals surface area contributed by atoms with Gasteiger partial charge in [-0.3, -0.25) is 9.80 Å². The summed E-state index contributed by atoms with van der Waals surface area (Å²) in [6, 6.07) is 28.9. The monoisotopic (exact) mass is 584 g/mol. The first-order valence-electron chi connectivity index (χ1n) is 14.2. The Labute approximate surface area is 251 Å². The molecule has 210 valence electrons. The molecule has 2 aromatic heterocycles. The molecular formula is C33H34Cl2N6. The summed E-state index contributed by atoms with van der Waals surface area (Å²) in [4.78, 5) is 14.9. The van der Waals surface area contributed by atoms with Gasteiger partial charge in [-0.15, -0.1) is 0 Å². The summed E-state index contributed by atoms with van der Waals surface area (Å²) in [5.41, 5.74) is 3.45. The van der Waals surface area contributed by atoms with Crippen LogP contribution in [0.2, 0.25) is 10.0 Å². The summed E-state index contributed by atoms with van der Waals surface area (Å²) in [6.07, 6.45) is 5.23. The molecule has 3 heterocycles. The molecule has 8 heteroatoms. The van der Waals surface area contributed by atoms with Crippen molar-refractivity contribution >= 4 is 39.9 Å². The summed E-state index contributed by atoms with van der Waals surface area (Å²) in [5, 5.41) is 6.15. The number of nitrogens with zero attached hydrogens (tertiary/aromatic N) is 5. The molecule has 0 spiro atoms. The van der Waals surface area contributed by atoms with Gasteiger partial charge in [-0.25, -0.2) is 9.97 Å². The minimum atomic E-state index is 0.144. The molecule has 6 nitrogen and oxygen atoms in total. The number of aromatic nitrogens is 3. The van der Waals surface area contributed by atoms with E-state index in [0.717, 1.165) is 84.8 Å². The zero-order chi connectivity index (χ0) is 28.0. The van der Waals surface area contributed by atoms with Crippen molar-refractivity contribution in [3.05, 3.63) is 124 Å². The molecule has 0 radical (unpaired) electrons. The van der Waals surface area contributed by atoms with Crippen molar-refractivity contribution in [2.24, 2.45) is 0 Å². The molecule has 1 N–H and O–H groups in total. The number of halogens is 2. The molecule has 0 aliphatic carbocycles. The Hall–Kier alpha value is -3.42. The molecule has 1 aliphatic rings. The highest BCUT2D eigenvalue weighted by Crippen LogP contribution is 2.31. The van der Waals surface area contributed by atoms with Crippen molar-refractivity contribution in [1.29, 1.82) is 0 Å². The zero-order valence-electron chi connectivity index (χ0n) is 23.0. The summed E-state index contributed by atoms with van der Waals surface area (Å²) in [5.74, 6) is 1.78. The van der Waals surface area contributed by atoms with E-state index in [0.29, 0.717) is 0 Å². The van der Waals surface area contributed by atoms with Crippen LogP contribution in [0.5, 0.6) is 0 Å². The largest absolute Gasteiger partial charge is 0.369 e. The Bertz CT molecular complexity index is 1500. The summed E-state index contributed by atoms with van der Waals surface area (Å²) in [7, 11) is 0. The van der Waals surface area contributed by atoms with Crippen molar-refractivity contribution in [2.75, 3.05) is 38.0 Å². The van der Waals surface area contributed by atoms with Gasteiger partial charge in [0.05, 0.1) is 18.1 Å². The SMILES string of the molecule is Clc1ccc(C(c2ccc(Cl)cc2)N2CCN(Cc3nc(NCCCn4cccc4)c4ccccc4n3)CC2)cc1. The number of fused-ring (bicyclic) bond motifs is 1. The molecule has 0 unspecified atom stereocenters. The van der Waals surface area contributed by atoms with E-state index in [1.54, 1.807) is 0 Å². The van der Waals surface area contributed by atoms with Gasteiger partial charge in [-0.1, -0.05) is 59.6 Å². The van der Waals surface area contributed by atoms with E-state index in [4.69, 9.17) is 33.2 Å². The molecule has 0 bridgehead atoms. The van der Waals surface area contributed by atoms with Crippen LogP contribution in [0.1, 0.15) is 29.4 Å². The Balaban J connectivity index is 1.13. The minimum absolute atomic E-state index is 0.144. The molecule has 3 aromatic carbocycles. The third kappa shape index (κ3) is 6.91. The van der Waals surface area contributed by atoms with Crippen molar-refractivity contribution in [2.45, 2.75) is 25.6 Å². The maximum Gasteiger partial charge on any atom is 0.145 e. The molecule has 0 atom stereocenters. The number of benzene rings is 3. The van der Waals surface area contributed by atoms with Crippen LogP contribution in [0.15, 0.2) is 97.3 Å². The molecule has 6 rings (SSSR count). The first-order chi connectivity index (χ1) is 20.1. The van der Waals surface area contributed by atoms with Gasteiger partial charge in [0, 0.05) is 67.1 Å². The molecular weight excluding hydrogens is 551 g/mol. The van der Waals surface area contributed by atoms with Crippen LogP contribution in [0.4, 0.5) is 5.82 Å². The van der Waals surface area contributed by atoms with E-state index < -0.39 is 0 Å². The van der Waals surface area contributed by atoms with Crippen LogP contribution < -0.4 is 5.32 Å². The Morgan fingerprint density at radius 1 is 0.732 bits per heavy atom. The lowest BCUT2D eigenvalue weighted by atomic mass is 9.96. The lowest BCUT2D eigenvalue weighted by Crippen LogP contribution is -2.47. The Morgan fingerprint density at radius 3 is 2.02 bits per heavy atom. The van der Waals surface area contributed by atoms with E-state index in [1.165, 1.54) is 11.1 Å². The summed E-state index contributed by atoms with van der Waals surface area (Å²) < 4.78 is 2.20. The quantitative estimate of drug-likeness (QED) is 0.177. The first-order valence-corrected chi connectivity index (χ1v) is 15.0. The number of hydrogen-bond donors (Lipinski definition) is 1. The highest BCUT2D eigenvalue weighted by molar-refractivity contribution is 6.30. The minimum Gasteiger partial charge on any atom is -0.369 e. The van der Waals surface area contributed by atoms with E-state index in [1.807, 2.05) is 36.4 Å².